The summed E-state index contributed by atoms with van der Waals surface area (Å²) in [6.07, 6.45) is 0.364. The molecule has 0 radical (unpaired) electrons. The third-order valence-corrected chi connectivity index (χ3v) is 3.45. The molecular weight excluding hydrogens is 248 g/mol. The van der Waals surface area contributed by atoms with Gasteiger partial charge in [0.25, 0.3) is 0 Å². The summed E-state index contributed by atoms with van der Waals surface area (Å²) in [6, 6.07) is 6.20. The number of rotatable bonds is 5. The van der Waals surface area contributed by atoms with Gasteiger partial charge in [-0.2, -0.15) is 0 Å². The summed E-state index contributed by atoms with van der Waals surface area (Å²) in [5.74, 6) is -0.179. The van der Waals surface area contributed by atoms with Gasteiger partial charge < -0.3 is 10.1 Å². The van der Waals surface area contributed by atoms with Gasteiger partial charge in [0.15, 0.2) is 5.13 Å². The van der Waals surface area contributed by atoms with Crippen molar-refractivity contribution in [3.05, 3.63) is 23.8 Å². The number of thiazole rings is 1. The van der Waals surface area contributed by atoms with Gasteiger partial charge in [-0.25, -0.2) is 4.98 Å². The summed E-state index contributed by atoms with van der Waals surface area (Å²) in [4.78, 5) is 15.6. The van der Waals surface area contributed by atoms with E-state index in [-0.39, 0.29) is 5.97 Å². The first kappa shape index (κ1) is 12.8. The number of ether oxygens (including phenoxy) is 1. The van der Waals surface area contributed by atoms with Crippen LogP contribution in [-0.2, 0) is 9.53 Å². The Labute approximate surface area is 110 Å². The lowest BCUT2D eigenvalue weighted by atomic mass is 10.2. The Morgan fingerprint density at radius 2 is 2.33 bits per heavy atom. The van der Waals surface area contributed by atoms with E-state index in [9.17, 15) is 4.79 Å². The zero-order valence-corrected chi connectivity index (χ0v) is 11.3. The van der Waals surface area contributed by atoms with Crippen LogP contribution in [0.15, 0.2) is 18.2 Å². The van der Waals surface area contributed by atoms with Gasteiger partial charge in [0.05, 0.1) is 23.2 Å². The molecule has 18 heavy (non-hydrogen) atoms. The molecular formula is C13H16N2O2S. The lowest BCUT2D eigenvalue weighted by Crippen LogP contribution is -2.11. The molecule has 0 fully saturated rings. The van der Waals surface area contributed by atoms with Gasteiger partial charge in [-0.1, -0.05) is 17.4 Å². The average Bonchev–Trinajstić information content (AvgIpc) is 2.71. The zero-order chi connectivity index (χ0) is 13.0. The van der Waals surface area contributed by atoms with E-state index in [4.69, 9.17) is 4.74 Å². The van der Waals surface area contributed by atoms with Crippen molar-refractivity contribution in [1.29, 1.82) is 0 Å². The summed E-state index contributed by atoms with van der Waals surface area (Å²) < 4.78 is 6.01. The Morgan fingerprint density at radius 3 is 3.11 bits per heavy atom. The minimum absolute atomic E-state index is 0.179. The SMILES string of the molecule is CCOC(=O)CCNc1nc2cc(C)ccc2s1. The maximum atomic E-state index is 11.2. The molecule has 0 spiro atoms. The number of carbonyl (C=O) groups is 1. The highest BCUT2D eigenvalue weighted by molar-refractivity contribution is 7.22. The summed E-state index contributed by atoms with van der Waals surface area (Å²) in [5, 5.41) is 4.00. The fourth-order valence-electron chi connectivity index (χ4n) is 1.62. The van der Waals surface area contributed by atoms with Gasteiger partial charge in [-0.3, -0.25) is 4.79 Å². The molecule has 0 saturated carbocycles. The van der Waals surface area contributed by atoms with Crippen LogP contribution >= 0.6 is 11.3 Å². The standard InChI is InChI=1S/C13H16N2O2S/c1-3-17-12(16)6-7-14-13-15-10-8-9(2)4-5-11(10)18-13/h4-5,8H,3,6-7H2,1-2H3,(H,14,15). The van der Waals surface area contributed by atoms with Crippen LogP contribution in [0.5, 0.6) is 0 Å². The highest BCUT2D eigenvalue weighted by Crippen LogP contribution is 2.26. The molecule has 1 aromatic carbocycles. The molecule has 0 aliphatic carbocycles. The number of hydrogen-bond donors (Lipinski definition) is 1. The largest absolute Gasteiger partial charge is 0.466 e. The van der Waals surface area contributed by atoms with Crippen molar-refractivity contribution < 1.29 is 9.53 Å². The summed E-state index contributed by atoms with van der Waals surface area (Å²) in [5.41, 5.74) is 2.20. The van der Waals surface area contributed by atoms with Crippen LogP contribution in [0.2, 0.25) is 0 Å². The van der Waals surface area contributed by atoms with Crippen molar-refractivity contribution in [3.8, 4) is 0 Å². The number of aryl methyl sites for hydroxylation is 1. The molecule has 0 bridgehead atoms. The van der Waals surface area contributed by atoms with E-state index in [0.29, 0.717) is 19.6 Å². The van der Waals surface area contributed by atoms with Gasteiger partial charge in [0.1, 0.15) is 0 Å². The van der Waals surface area contributed by atoms with Crippen LogP contribution in [0.4, 0.5) is 5.13 Å². The second kappa shape index (κ2) is 5.82. The fourth-order valence-corrected chi connectivity index (χ4v) is 2.49. The lowest BCUT2D eigenvalue weighted by Gasteiger charge is -2.02. The first-order valence-electron chi connectivity index (χ1n) is 5.95. The number of carbonyl (C=O) groups excluding carboxylic acids is 1. The molecule has 0 atom stereocenters. The molecule has 1 N–H and O–H groups in total. The van der Waals surface area contributed by atoms with Crippen LogP contribution in [0.25, 0.3) is 10.2 Å². The monoisotopic (exact) mass is 264 g/mol. The van der Waals surface area contributed by atoms with Crippen molar-refractivity contribution in [1.82, 2.24) is 4.98 Å². The Balaban J connectivity index is 1.94. The molecule has 0 unspecified atom stereocenters. The van der Waals surface area contributed by atoms with E-state index < -0.39 is 0 Å². The number of anilines is 1. The van der Waals surface area contributed by atoms with Crippen molar-refractivity contribution in [3.63, 3.8) is 0 Å². The maximum Gasteiger partial charge on any atom is 0.307 e. The highest BCUT2D eigenvalue weighted by atomic mass is 32.1. The van der Waals surface area contributed by atoms with Gasteiger partial charge in [-0.15, -0.1) is 0 Å². The predicted octanol–water partition coefficient (Wildman–Crippen LogP) is 2.97. The number of nitrogens with one attached hydrogen (secondary N) is 1. The topological polar surface area (TPSA) is 51.2 Å². The predicted molar refractivity (Wildman–Crippen MR) is 74.1 cm³/mol. The maximum absolute atomic E-state index is 11.2. The van der Waals surface area contributed by atoms with Crippen LogP contribution in [0.3, 0.4) is 0 Å². The zero-order valence-electron chi connectivity index (χ0n) is 10.5. The summed E-state index contributed by atoms with van der Waals surface area (Å²) in [6.45, 7) is 4.84. The summed E-state index contributed by atoms with van der Waals surface area (Å²) in [7, 11) is 0. The molecule has 0 saturated heterocycles. The van der Waals surface area contributed by atoms with E-state index in [1.165, 1.54) is 5.56 Å². The summed E-state index contributed by atoms with van der Waals surface area (Å²) >= 11 is 1.60. The smallest absolute Gasteiger partial charge is 0.307 e. The Bertz CT molecular complexity index is 551. The molecule has 96 valence electrons. The normalized spacial score (nSPS) is 10.6. The van der Waals surface area contributed by atoms with E-state index in [1.54, 1.807) is 18.3 Å². The number of nitrogens with zero attached hydrogens (tertiary/aromatic N) is 1. The van der Waals surface area contributed by atoms with Crippen molar-refractivity contribution in [2.24, 2.45) is 0 Å². The van der Waals surface area contributed by atoms with E-state index in [0.717, 1.165) is 15.3 Å². The highest BCUT2D eigenvalue weighted by Gasteiger charge is 2.05. The van der Waals surface area contributed by atoms with Crippen molar-refractivity contribution in [2.45, 2.75) is 20.3 Å². The van der Waals surface area contributed by atoms with Crippen LogP contribution < -0.4 is 5.32 Å². The van der Waals surface area contributed by atoms with E-state index >= 15 is 0 Å². The molecule has 4 nitrogen and oxygen atoms in total. The Morgan fingerprint density at radius 1 is 1.50 bits per heavy atom. The number of fused-ring (bicyclic) bond motifs is 1. The van der Waals surface area contributed by atoms with Gasteiger partial charge in [-0.05, 0) is 31.5 Å². The first-order chi connectivity index (χ1) is 8.69. The van der Waals surface area contributed by atoms with Crippen LogP contribution in [0, 0.1) is 6.92 Å². The number of esters is 1. The third kappa shape index (κ3) is 3.20. The van der Waals surface area contributed by atoms with Crippen molar-refractivity contribution >= 4 is 32.7 Å². The van der Waals surface area contributed by atoms with Crippen LogP contribution in [0.1, 0.15) is 18.9 Å². The number of hydrogen-bond acceptors (Lipinski definition) is 5. The fraction of sp³-hybridized carbons (Fsp3) is 0.385. The lowest BCUT2D eigenvalue weighted by molar-refractivity contribution is -0.142. The second-order valence-electron chi connectivity index (χ2n) is 3.97. The number of aromatic nitrogens is 1. The van der Waals surface area contributed by atoms with E-state index in [2.05, 4.69) is 28.5 Å². The molecule has 0 aliphatic rings. The number of benzene rings is 1. The molecule has 2 aromatic rings. The Hall–Kier alpha value is -1.62. The van der Waals surface area contributed by atoms with Crippen LogP contribution in [-0.4, -0.2) is 24.1 Å². The quantitative estimate of drug-likeness (QED) is 0.843. The molecule has 5 heteroatoms. The molecule has 2 rings (SSSR count). The van der Waals surface area contributed by atoms with E-state index in [1.807, 2.05) is 6.92 Å². The minimum Gasteiger partial charge on any atom is -0.466 e. The minimum atomic E-state index is -0.179. The second-order valence-corrected chi connectivity index (χ2v) is 5.00. The molecule has 0 aliphatic heterocycles. The molecule has 1 aromatic heterocycles. The average molecular weight is 264 g/mol. The molecule has 1 heterocycles. The first-order valence-corrected chi connectivity index (χ1v) is 6.77. The third-order valence-electron chi connectivity index (χ3n) is 2.45. The van der Waals surface area contributed by atoms with Crippen molar-refractivity contribution in [2.75, 3.05) is 18.5 Å². The van der Waals surface area contributed by atoms with Gasteiger partial charge in [0.2, 0.25) is 0 Å². The van der Waals surface area contributed by atoms with Gasteiger partial charge in [0, 0.05) is 6.54 Å². The Kier molecular flexibility index (Phi) is 4.15. The molecule has 0 amide bonds. The van der Waals surface area contributed by atoms with Gasteiger partial charge >= 0.3 is 5.97 Å².